The first-order valence-corrected chi connectivity index (χ1v) is 15.7. The number of fused-ring (bicyclic) bond motifs is 1. The van der Waals surface area contributed by atoms with Crippen LogP contribution in [0, 0.1) is 11.8 Å². The fourth-order valence-electron chi connectivity index (χ4n) is 7.17. The molecule has 0 spiro atoms. The van der Waals surface area contributed by atoms with Gasteiger partial charge in [0.25, 0.3) is 0 Å². The first-order valence-electron chi connectivity index (χ1n) is 15.7. The molecule has 2 aromatic rings. The van der Waals surface area contributed by atoms with Gasteiger partial charge in [0.1, 0.15) is 5.75 Å². The number of benzene rings is 2. The third-order valence-corrected chi connectivity index (χ3v) is 9.23. The monoisotopic (exact) mass is 566 g/mol. The molecule has 0 radical (unpaired) electrons. The van der Waals surface area contributed by atoms with Gasteiger partial charge in [-0.2, -0.15) is 0 Å². The predicted molar refractivity (Wildman–Crippen MR) is 169 cm³/mol. The van der Waals surface area contributed by atoms with Gasteiger partial charge < -0.3 is 24.4 Å². The Kier molecular flexibility index (Phi) is 12.7. The zero-order valence-electron chi connectivity index (χ0n) is 26.8. The van der Waals surface area contributed by atoms with Gasteiger partial charge in [-0.15, -0.1) is 0 Å². The third-order valence-electron chi connectivity index (χ3n) is 9.23. The molecule has 228 valence electrons. The smallest absolute Gasteiger partial charge is 0.221 e. The summed E-state index contributed by atoms with van der Waals surface area (Å²) in [6.07, 6.45) is 6.84. The summed E-state index contributed by atoms with van der Waals surface area (Å²) in [6.45, 7) is 12.3. The van der Waals surface area contributed by atoms with Crippen LogP contribution in [-0.4, -0.2) is 57.4 Å². The van der Waals surface area contributed by atoms with Crippen LogP contribution in [0.5, 0.6) is 5.75 Å². The van der Waals surface area contributed by atoms with Crippen molar-refractivity contribution in [3.8, 4) is 5.75 Å². The highest BCUT2D eigenvalue weighted by atomic mass is 16.5. The number of hydrogen-bond donors (Lipinski definition) is 1. The maximum absolute atomic E-state index is 11.9. The quantitative estimate of drug-likeness (QED) is 0.365. The normalized spacial score (nSPS) is 26.2. The molecule has 5 rings (SSSR count). The highest BCUT2D eigenvalue weighted by Crippen LogP contribution is 2.60. The first kappa shape index (κ1) is 33.1. The number of amides is 1. The molecule has 5 atom stereocenters. The van der Waals surface area contributed by atoms with E-state index >= 15 is 0 Å². The highest BCUT2D eigenvalue weighted by Gasteiger charge is 2.58. The summed E-state index contributed by atoms with van der Waals surface area (Å²) in [4.78, 5) is 14.5. The number of methoxy groups -OCH3 is 2. The van der Waals surface area contributed by atoms with Crippen molar-refractivity contribution in [1.82, 2.24) is 4.90 Å². The number of ether oxygens (including phenoxy) is 3. The SMILES string of the molecule is CC.CCCC.COc1c(NC(C)=O)ccc2c1C13CCN(C)C(C2)C1C[C@H](COCc1ccccc1)C(OC)C3. The molecule has 0 aromatic heterocycles. The molecule has 2 bridgehead atoms. The Morgan fingerprint density at radius 2 is 1.78 bits per heavy atom. The lowest BCUT2D eigenvalue weighted by Crippen LogP contribution is -2.63. The first-order chi connectivity index (χ1) is 19.9. The lowest BCUT2D eigenvalue weighted by atomic mass is 9.50. The molecule has 1 saturated heterocycles. The van der Waals surface area contributed by atoms with Gasteiger partial charge in [0, 0.05) is 37.0 Å². The summed E-state index contributed by atoms with van der Waals surface area (Å²) in [5.41, 5.74) is 4.59. The van der Waals surface area contributed by atoms with E-state index in [0.717, 1.165) is 43.7 Å². The van der Waals surface area contributed by atoms with Crippen LogP contribution in [0.2, 0.25) is 0 Å². The number of likely N-dealkylation sites (tertiary alicyclic amines) is 1. The van der Waals surface area contributed by atoms with Gasteiger partial charge in [-0.3, -0.25) is 4.79 Å². The standard InChI is InChI=1S/C29H38N2O4.C4H10.C2H6/c1-19(32)30-24-11-10-21-15-25-23-14-22(18-35-17-20-8-6-5-7-9-20)26(33-3)16-29(23,12-13-31(25)2)27(21)28(24)34-4;1-3-4-2;1-2/h5-11,22-23,25-26H,12-18H2,1-4H3,(H,30,32);3-4H2,1-2H3;1-2H3/t22-,23?,25?,26?,29?;;/m1../s1. The highest BCUT2D eigenvalue weighted by molar-refractivity contribution is 5.91. The van der Waals surface area contributed by atoms with E-state index in [0.29, 0.717) is 31.1 Å². The number of nitrogens with zero attached hydrogens (tertiary/aromatic N) is 1. The molecule has 41 heavy (non-hydrogen) atoms. The molecular formula is C35H54N2O4. The Labute approximate surface area is 249 Å². The van der Waals surface area contributed by atoms with E-state index in [1.165, 1.54) is 29.5 Å². The summed E-state index contributed by atoms with van der Waals surface area (Å²) in [7, 11) is 5.84. The number of carbonyl (C=O) groups excluding carboxylic acids is 1. The largest absolute Gasteiger partial charge is 0.494 e. The van der Waals surface area contributed by atoms with Gasteiger partial charge in [0.15, 0.2) is 0 Å². The molecule has 2 aliphatic carbocycles. The molecule has 1 N–H and O–H groups in total. The molecule has 4 unspecified atom stereocenters. The predicted octanol–water partition coefficient (Wildman–Crippen LogP) is 7.24. The van der Waals surface area contributed by atoms with Gasteiger partial charge in [-0.1, -0.05) is 76.9 Å². The maximum atomic E-state index is 11.9. The van der Waals surface area contributed by atoms with E-state index in [1.807, 2.05) is 33.1 Å². The second-order valence-electron chi connectivity index (χ2n) is 11.6. The fraction of sp³-hybridized carbons (Fsp3) is 0.629. The van der Waals surface area contributed by atoms with E-state index in [1.54, 1.807) is 14.0 Å². The van der Waals surface area contributed by atoms with Crippen molar-refractivity contribution in [2.75, 3.05) is 39.7 Å². The summed E-state index contributed by atoms with van der Waals surface area (Å²) in [6, 6.07) is 15.1. The molecule has 1 aliphatic heterocycles. The minimum atomic E-state index is -0.0802. The molecule has 2 aromatic carbocycles. The molecule has 6 heteroatoms. The van der Waals surface area contributed by atoms with Crippen molar-refractivity contribution < 1.29 is 19.0 Å². The fourth-order valence-corrected chi connectivity index (χ4v) is 7.17. The summed E-state index contributed by atoms with van der Waals surface area (Å²) in [5, 5.41) is 3.00. The van der Waals surface area contributed by atoms with Crippen LogP contribution in [0.25, 0.3) is 0 Å². The maximum Gasteiger partial charge on any atom is 0.221 e. The summed E-state index contributed by atoms with van der Waals surface area (Å²) in [5.74, 6) is 1.59. The van der Waals surface area contributed by atoms with Gasteiger partial charge in [-0.05, 0) is 62.4 Å². The summed E-state index contributed by atoms with van der Waals surface area (Å²) >= 11 is 0. The number of anilines is 1. The van der Waals surface area contributed by atoms with E-state index in [4.69, 9.17) is 14.2 Å². The Bertz CT molecular complexity index is 1090. The second-order valence-corrected chi connectivity index (χ2v) is 11.6. The molecule has 1 heterocycles. The van der Waals surface area contributed by atoms with Gasteiger partial charge in [0.2, 0.25) is 5.91 Å². The lowest BCUT2D eigenvalue weighted by molar-refractivity contribution is -0.114. The number of unbranched alkanes of at least 4 members (excludes halogenated alkanes) is 1. The zero-order valence-corrected chi connectivity index (χ0v) is 26.8. The van der Waals surface area contributed by atoms with Crippen molar-refractivity contribution in [3.63, 3.8) is 0 Å². The van der Waals surface area contributed by atoms with Crippen LogP contribution in [0.3, 0.4) is 0 Å². The van der Waals surface area contributed by atoms with Gasteiger partial charge >= 0.3 is 0 Å². The number of hydrogen-bond acceptors (Lipinski definition) is 5. The van der Waals surface area contributed by atoms with Crippen LogP contribution in [0.4, 0.5) is 5.69 Å². The van der Waals surface area contributed by atoms with Crippen LogP contribution in [0.15, 0.2) is 42.5 Å². The molecular weight excluding hydrogens is 512 g/mol. The van der Waals surface area contributed by atoms with E-state index < -0.39 is 0 Å². The minimum Gasteiger partial charge on any atom is -0.494 e. The molecule has 1 amide bonds. The molecule has 6 nitrogen and oxygen atoms in total. The van der Waals surface area contributed by atoms with Gasteiger partial charge in [-0.25, -0.2) is 0 Å². The van der Waals surface area contributed by atoms with Crippen molar-refractivity contribution >= 4 is 11.6 Å². The second kappa shape index (κ2) is 15.7. The number of carbonyl (C=O) groups is 1. The van der Waals surface area contributed by atoms with Crippen molar-refractivity contribution in [2.24, 2.45) is 11.8 Å². The van der Waals surface area contributed by atoms with Crippen molar-refractivity contribution in [1.29, 1.82) is 0 Å². The Morgan fingerprint density at radius 1 is 1.07 bits per heavy atom. The molecule has 1 saturated carbocycles. The van der Waals surface area contributed by atoms with Crippen LogP contribution >= 0.6 is 0 Å². The average Bonchev–Trinajstić information content (AvgIpc) is 3.00. The molecule has 2 fully saturated rings. The Morgan fingerprint density at radius 3 is 2.39 bits per heavy atom. The Hall–Kier alpha value is -2.41. The van der Waals surface area contributed by atoms with Crippen LogP contribution in [-0.2, 0) is 32.7 Å². The summed E-state index contributed by atoms with van der Waals surface area (Å²) < 4.78 is 18.4. The average molecular weight is 567 g/mol. The van der Waals surface area contributed by atoms with E-state index in [9.17, 15) is 4.79 Å². The van der Waals surface area contributed by atoms with Crippen LogP contribution in [0.1, 0.15) is 83.4 Å². The van der Waals surface area contributed by atoms with Crippen molar-refractivity contribution in [3.05, 3.63) is 59.2 Å². The third kappa shape index (κ3) is 7.33. The number of rotatable bonds is 8. The topological polar surface area (TPSA) is 60.0 Å². The zero-order chi connectivity index (χ0) is 30.0. The van der Waals surface area contributed by atoms with E-state index in [-0.39, 0.29) is 17.4 Å². The Balaban J connectivity index is 0.000000710. The van der Waals surface area contributed by atoms with E-state index in [2.05, 4.69) is 61.4 Å². The number of likely N-dealkylation sites (N-methyl/N-ethyl adjacent to an activating group) is 1. The molecule has 3 aliphatic rings. The number of piperidine rings is 1. The van der Waals surface area contributed by atoms with Crippen molar-refractivity contribution in [2.45, 2.75) is 97.3 Å². The van der Waals surface area contributed by atoms with Gasteiger partial charge in [0.05, 0.1) is 32.1 Å². The lowest BCUT2D eigenvalue weighted by Gasteiger charge is -2.61. The minimum absolute atomic E-state index is 0.0266. The number of nitrogens with one attached hydrogen (secondary N) is 1. The van der Waals surface area contributed by atoms with Crippen LogP contribution < -0.4 is 10.1 Å².